The summed E-state index contributed by atoms with van der Waals surface area (Å²) in [6.45, 7) is 5.37. The van der Waals surface area contributed by atoms with Gasteiger partial charge in [0, 0.05) is 18.8 Å². The first-order valence-electron chi connectivity index (χ1n) is 9.11. The summed E-state index contributed by atoms with van der Waals surface area (Å²) in [6, 6.07) is 15.4. The molecule has 0 aliphatic carbocycles. The third-order valence-corrected chi connectivity index (χ3v) is 3.98. The normalized spacial score (nSPS) is 10.6. The lowest BCUT2D eigenvalue weighted by Gasteiger charge is -2.08. The molecule has 0 aliphatic heterocycles. The number of hydrogen-bond acceptors (Lipinski definition) is 6. The van der Waals surface area contributed by atoms with Gasteiger partial charge in [-0.2, -0.15) is 5.10 Å². The number of ether oxygens (including phenoxy) is 1. The number of aromatic nitrogens is 4. The van der Waals surface area contributed by atoms with Crippen molar-refractivity contribution in [2.75, 3.05) is 25.0 Å². The maximum atomic E-state index is 11.8. The lowest BCUT2D eigenvalue weighted by molar-refractivity contribution is -0.126. The maximum Gasteiger partial charge on any atom is 0.246 e. The Labute approximate surface area is 163 Å². The number of nitrogens with zero attached hydrogens (tertiary/aromatic N) is 4. The summed E-state index contributed by atoms with van der Waals surface area (Å²) in [4.78, 5) is 11.8. The smallest absolute Gasteiger partial charge is 0.246 e. The second-order valence-corrected chi connectivity index (χ2v) is 6.37. The largest absolute Gasteiger partial charge is 0.367 e. The average Bonchev–Trinajstić information content (AvgIpc) is 3.04. The van der Waals surface area contributed by atoms with Crippen molar-refractivity contribution < 1.29 is 9.53 Å². The third kappa shape index (κ3) is 5.62. The summed E-state index contributed by atoms with van der Waals surface area (Å²) in [7, 11) is 0. The Morgan fingerprint density at radius 2 is 1.89 bits per heavy atom. The number of carbonyl (C=O) groups excluding carboxylic acids is 1. The number of nitrogens with one attached hydrogen (secondary N) is 2. The highest BCUT2D eigenvalue weighted by molar-refractivity contribution is 5.77. The van der Waals surface area contributed by atoms with E-state index < -0.39 is 0 Å². The first kappa shape index (κ1) is 19.5. The van der Waals surface area contributed by atoms with E-state index in [0.29, 0.717) is 31.3 Å². The molecule has 8 nitrogen and oxygen atoms in total. The first-order valence-corrected chi connectivity index (χ1v) is 9.11. The number of aryl methyl sites for hydroxylation is 2. The third-order valence-electron chi connectivity index (χ3n) is 3.98. The molecule has 0 saturated heterocycles. The molecule has 2 aromatic heterocycles. The Hall–Kier alpha value is -3.26. The topological polar surface area (TPSA) is 94.0 Å². The molecule has 8 heteroatoms. The van der Waals surface area contributed by atoms with Crippen LogP contribution in [0.15, 0.2) is 48.5 Å². The summed E-state index contributed by atoms with van der Waals surface area (Å²) in [6.07, 6.45) is 0. The van der Waals surface area contributed by atoms with E-state index in [1.807, 2.05) is 62.4 Å². The zero-order valence-electron chi connectivity index (χ0n) is 16.1. The molecule has 3 rings (SSSR count). The van der Waals surface area contributed by atoms with Crippen LogP contribution in [0.3, 0.4) is 0 Å². The number of rotatable bonds is 9. The molecule has 0 aliphatic rings. The van der Waals surface area contributed by atoms with Crippen LogP contribution < -0.4 is 10.6 Å². The zero-order valence-corrected chi connectivity index (χ0v) is 16.1. The molecule has 1 aromatic carbocycles. The molecule has 146 valence electrons. The molecule has 0 unspecified atom stereocenters. The molecular formula is C20H24N6O2. The summed E-state index contributed by atoms with van der Waals surface area (Å²) >= 11 is 0. The van der Waals surface area contributed by atoms with E-state index in [-0.39, 0.29) is 12.5 Å². The van der Waals surface area contributed by atoms with Crippen LogP contribution in [0.1, 0.15) is 17.0 Å². The van der Waals surface area contributed by atoms with Gasteiger partial charge in [-0.05, 0) is 37.6 Å². The second kappa shape index (κ2) is 9.61. The van der Waals surface area contributed by atoms with Crippen molar-refractivity contribution in [3.05, 3.63) is 65.5 Å². The minimum absolute atomic E-state index is 0.0338. The quantitative estimate of drug-likeness (QED) is 0.552. The highest BCUT2D eigenvalue weighted by Crippen LogP contribution is 2.10. The molecule has 2 heterocycles. The van der Waals surface area contributed by atoms with Crippen LogP contribution in [0.5, 0.6) is 0 Å². The highest BCUT2D eigenvalue weighted by atomic mass is 16.5. The van der Waals surface area contributed by atoms with Gasteiger partial charge in [0.1, 0.15) is 12.4 Å². The minimum atomic E-state index is -0.149. The minimum Gasteiger partial charge on any atom is -0.367 e. The second-order valence-electron chi connectivity index (χ2n) is 6.37. The van der Waals surface area contributed by atoms with E-state index in [9.17, 15) is 4.79 Å². The fraction of sp³-hybridized carbons (Fsp3) is 0.300. The van der Waals surface area contributed by atoms with Crippen molar-refractivity contribution in [3.63, 3.8) is 0 Å². The Balaban J connectivity index is 1.34. The van der Waals surface area contributed by atoms with Crippen LogP contribution in [0.25, 0.3) is 5.82 Å². The molecule has 0 atom stereocenters. The molecule has 0 bridgehead atoms. The number of carbonyl (C=O) groups is 1. The van der Waals surface area contributed by atoms with Crippen molar-refractivity contribution in [2.24, 2.45) is 0 Å². The first-order chi connectivity index (χ1) is 13.6. The SMILES string of the molecule is Cc1cc(C)n(-c2ccc(NCCNC(=O)COCc3ccccc3)nn2)n1. The van der Waals surface area contributed by atoms with Crippen LogP contribution >= 0.6 is 0 Å². The zero-order chi connectivity index (χ0) is 19.8. The number of benzene rings is 1. The Morgan fingerprint density at radius 1 is 1.07 bits per heavy atom. The molecule has 0 saturated carbocycles. The lowest BCUT2D eigenvalue weighted by atomic mass is 10.2. The van der Waals surface area contributed by atoms with Crippen LogP contribution in [0, 0.1) is 13.8 Å². The Kier molecular flexibility index (Phi) is 6.69. The van der Waals surface area contributed by atoms with Crippen molar-refractivity contribution in [2.45, 2.75) is 20.5 Å². The standard InChI is InChI=1S/C20H24N6O2/c1-15-12-16(2)26(25-15)19-9-8-18(23-24-19)21-10-11-22-20(27)14-28-13-17-6-4-3-5-7-17/h3-9,12H,10-11,13-14H2,1-2H3,(H,21,23)(H,22,27). The van der Waals surface area contributed by atoms with Crippen LogP contribution in [-0.4, -0.2) is 45.6 Å². The van der Waals surface area contributed by atoms with Gasteiger partial charge < -0.3 is 15.4 Å². The van der Waals surface area contributed by atoms with E-state index in [0.717, 1.165) is 17.0 Å². The van der Waals surface area contributed by atoms with Gasteiger partial charge in [0.15, 0.2) is 5.82 Å². The summed E-state index contributed by atoms with van der Waals surface area (Å²) in [5, 5.41) is 18.6. The summed E-state index contributed by atoms with van der Waals surface area (Å²) in [5.74, 6) is 1.16. The molecule has 0 fully saturated rings. The molecule has 0 radical (unpaired) electrons. The Morgan fingerprint density at radius 3 is 2.57 bits per heavy atom. The van der Waals surface area contributed by atoms with Crippen molar-refractivity contribution in [1.29, 1.82) is 0 Å². The molecule has 1 amide bonds. The van der Waals surface area contributed by atoms with E-state index in [1.54, 1.807) is 4.68 Å². The average molecular weight is 380 g/mol. The van der Waals surface area contributed by atoms with E-state index in [2.05, 4.69) is 25.9 Å². The van der Waals surface area contributed by atoms with Gasteiger partial charge in [-0.15, -0.1) is 10.2 Å². The highest BCUT2D eigenvalue weighted by Gasteiger charge is 2.06. The summed E-state index contributed by atoms with van der Waals surface area (Å²) in [5.41, 5.74) is 2.98. The lowest BCUT2D eigenvalue weighted by Crippen LogP contribution is -2.31. The molecule has 2 N–H and O–H groups in total. The molecule has 28 heavy (non-hydrogen) atoms. The van der Waals surface area contributed by atoms with Gasteiger partial charge in [0.2, 0.25) is 5.91 Å². The van der Waals surface area contributed by atoms with Gasteiger partial charge in [0.25, 0.3) is 0 Å². The number of amides is 1. The number of hydrogen-bond donors (Lipinski definition) is 2. The van der Waals surface area contributed by atoms with Crippen LogP contribution in [0.2, 0.25) is 0 Å². The summed E-state index contributed by atoms with van der Waals surface area (Å²) < 4.78 is 7.15. The monoisotopic (exact) mass is 380 g/mol. The van der Waals surface area contributed by atoms with E-state index >= 15 is 0 Å². The molecule has 0 spiro atoms. The molecule has 3 aromatic rings. The van der Waals surface area contributed by atoms with E-state index in [1.165, 1.54) is 0 Å². The number of anilines is 1. The predicted octanol–water partition coefficient (Wildman–Crippen LogP) is 2.02. The van der Waals surface area contributed by atoms with Gasteiger partial charge in [0.05, 0.1) is 12.3 Å². The maximum absolute atomic E-state index is 11.8. The van der Waals surface area contributed by atoms with Gasteiger partial charge in [-0.1, -0.05) is 30.3 Å². The van der Waals surface area contributed by atoms with Crippen LogP contribution in [-0.2, 0) is 16.1 Å². The van der Waals surface area contributed by atoms with Crippen molar-refractivity contribution >= 4 is 11.7 Å². The fourth-order valence-corrected chi connectivity index (χ4v) is 2.67. The predicted molar refractivity (Wildman–Crippen MR) is 106 cm³/mol. The van der Waals surface area contributed by atoms with Crippen molar-refractivity contribution in [3.8, 4) is 5.82 Å². The molecular weight excluding hydrogens is 356 g/mol. The van der Waals surface area contributed by atoms with Gasteiger partial charge in [-0.3, -0.25) is 4.79 Å². The van der Waals surface area contributed by atoms with Crippen molar-refractivity contribution in [1.82, 2.24) is 25.3 Å². The fourth-order valence-electron chi connectivity index (χ4n) is 2.67. The Bertz CT molecular complexity index is 893. The van der Waals surface area contributed by atoms with Gasteiger partial charge >= 0.3 is 0 Å². The van der Waals surface area contributed by atoms with Gasteiger partial charge in [-0.25, -0.2) is 4.68 Å². The van der Waals surface area contributed by atoms with E-state index in [4.69, 9.17) is 4.74 Å². The van der Waals surface area contributed by atoms with Crippen LogP contribution in [0.4, 0.5) is 5.82 Å².